The molecule has 254 valence electrons. The van der Waals surface area contributed by atoms with Crippen LogP contribution in [-0.4, -0.2) is 102 Å². The Balaban J connectivity index is 2.42. The molecule has 4 N–H and O–H groups in total. The molecule has 2 aliphatic rings. The van der Waals surface area contributed by atoms with E-state index in [1.807, 2.05) is 63.3 Å². The number of hydrogen-bond acceptors (Lipinski definition) is 11. The fourth-order valence-corrected chi connectivity index (χ4v) is 5.26. The van der Waals surface area contributed by atoms with E-state index in [0.29, 0.717) is 24.8 Å². The summed E-state index contributed by atoms with van der Waals surface area (Å²) < 4.78 is 28.5. The van der Waals surface area contributed by atoms with Gasteiger partial charge in [0.05, 0.1) is 25.2 Å². The number of aliphatic hydroxyl groups excluding tert-OH is 3. The standard InChI is InChI=1S/C34H52O11/c1-7-8-14-22(2)19-25-16-12-10-9-11-15-23(3)32(45-39)24(4)27(40-5)18-13-17-26(20-29(36)42-25)43-34-31(38)33(41-6)30(37)28(21-35)44-34/h7-13,17,19,23,25-28,30-35,37-39H,4,14-16,18,20-21H2,1-3,5-6H3. The first kappa shape index (κ1) is 38.7. The Labute approximate surface area is 267 Å². The van der Waals surface area contributed by atoms with Crippen molar-refractivity contribution in [3.63, 3.8) is 0 Å². The Morgan fingerprint density at radius 2 is 1.80 bits per heavy atom. The van der Waals surface area contributed by atoms with Crippen molar-refractivity contribution < 1.29 is 53.9 Å². The van der Waals surface area contributed by atoms with Gasteiger partial charge in [0, 0.05) is 20.6 Å². The van der Waals surface area contributed by atoms with Gasteiger partial charge in [-0.25, -0.2) is 4.89 Å². The molecular formula is C34H52O11. The quantitative estimate of drug-likeness (QED) is 0.126. The summed E-state index contributed by atoms with van der Waals surface area (Å²) in [6, 6.07) is 0. The highest BCUT2D eigenvalue weighted by Gasteiger charge is 2.46. The van der Waals surface area contributed by atoms with Crippen molar-refractivity contribution in [2.75, 3.05) is 20.8 Å². The van der Waals surface area contributed by atoms with Gasteiger partial charge in [-0.05, 0) is 50.7 Å². The first-order valence-electron chi connectivity index (χ1n) is 15.4. The third-order valence-corrected chi connectivity index (χ3v) is 7.85. The Kier molecular flexibility index (Phi) is 17.8. The number of carbonyl (C=O) groups excluding carboxylic acids is 1. The zero-order chi connectivity index (χ0) is 33.4. The molecular weight excluding hydrogens is 584 g/mol. The molecule has 1 fully saturated rings. The molecule has 11 nitrogen and oxygen atoms in total. The van der Waals surface area contributed by atoms with E-state index < -0.39 is 67.7 Å². The van der Waals surface area contributed by atoms with Crippen molar-refractivity contribution in [1.82, 2.24) is 0 Å². The van der Waals surface area contributed by atoms with Crippen molar-refractivity contribution in [3.05, 3.63) is 72.4 Å². The fourth-order valence-electron chi connectivity index (χ4n) is 5.26. The minimum atomic E-state index is -1.41. The van der Waals surface area contributed by atoms with Crippen LogP contribution >= 0.6 is 0 Å². The lowest BCUT2D eigenvalue weighted by molar-refractivity contribution is -0.311. The highest BCUT2D eigenvalue weighted by atomic mass is 17.1. The summed E-state index contributed by atoms with van der Waals surface area (Å²) in [5, 5.41) is 40.7. The van der Waals surface area contributed by atoms with Crippen LogP contribution in [0.4, 0.5) is 0 Å². The topological polar surface area (TPSA) is 153 Å². The molecule has 2 heterocycles. The molecule has 0 spiro atoms. The van der Waals surface area contributed by atoms with Gasteiger partial charge in [-0.2, -0.15) is 0 Å². The molecule has 0 aliphatic carbocycles. The number of cyclic esters (lactones) is 1. The number of hydrogen-bond donors (Lipinski definition) is 4. The van der Waals surface area contributed by atoms with Crippen LogP contribution < -0.4 is 0 Å². The second-order valence-electron chi connectivity index (χ2n) is 11.4. The Morgan fingerprint density at radius 1 is 1.09 bits per heavy atom. The average molecular weight is 637 g/mol. The van der Waals surface area contributed by atoms with Crippen molar-refractivity contribution in [3.8, 4) is 0 Å². The number of methoxy groups -OCH3 is 2. The molecule has 0 saturated carbocycles. The second kappa shape index (κ2) is 20.6. The molecule has 0 radical (unpaired) electrons. The van der Waals surface area contributed by atoms with Gasteiger partial charge < -0.3 is 39.0 Å². The Morgan fingerprint density at radius 3 is 2.42 bits per heavy atom. The molecule has 2 rings (SSSR count). The minimum absolute atomic E-state index is 0.108. The minimum Gasteiger partial charge on any atom is -0.458 e. The number of carbonyl (C=O) groups is 1. The molecule has 1 saturated heterocycles. The molecule has 2 aliphatic heterocycles. The smallest absolute Gasteiger partial charge is 0.309 e. The van der Waals surface area contributed by atoms with Crippen LogP contribution in [0.1, 0.15) is 52.9 Å². The van der Waals surface area contributed by atoms with Gasteiger partial charge in [0.25, 0.3) is 0 Å². The monoisotopic (exact) mass is 636 g/mol. The van der Waals surface area contributed by atoms with Gasteiger partial charge in [0.15, 0.2) is 6.29 Å². The van der Waals surface area contributed by atoms with Crippen LogP contribution in [0.2, 0.25) is 0 Å². The summed E-state index contributed by atoms with van der Waals surface area (Å²) in [5.41, 5.74) is 1.58. The van der Waals surface area contributed by atoms with Crippen molar-refractivity contribution in [2.24, 2.45) is 5.92 Å². The van der Waals surface area contributed by atoms with E-state index >= 15 is 0 Å². The van der Waals surface area contributed by atoms with Crippen LogP contribution in [0, 0.1) is 5.92 Å². The van der Waals surface area contributed by atoms with E-state index in [1.165, 1.54) is 14.2 Å². The maximum absolute atomic E-state index is 13.3. The van der Waals surface area contributed by atoms with Crippen LogP contribution in [0.5, 0.6) is 0 Å². The zero-order valence-electron chi connectivity index (χ0n) is 27.1. The van der Waals surface area contributed by atoms with Crippen molar-refractivity contribution in [2.45, 2.75) is 108 Å². The average Bonchev–Trinajstić information content (AvgIpc) is 3.01. The van der Waals surface area contributed by atoms with Gasteiger partial charge in [-0.15, -0.1) is 0 Å². The summed E-state index contributed by atoms with van der Waals surface area (Å²) in [6.07, 6.45) is 9.85. The van der Waals surface area contributed by atoms with Gasteiger partial charge in [-0.3, -0.25) is 10.1 Å². The first-order valence-corrected chi connectivity index (χ1v) is 15.4. The highest BCUT2D eigenvalue weighted by Crippen LogP contribution is 2.27. The number of allylic oxidation sites excluding steroid dienone is 6. The number of esters is 1. The lowest BCUT2D eigenvalue weighted by Crippen LogP contribution is -2.60. The molecule has 0 aromatic rings. The van der Waals surface area contributed by atoms with Gasteiger partial charge in [0.1, 0.15) is 36.6 Å². The summed E-state index contributed by atoms with van der Waals surface area (Å²) >= 11 is 0. The molecule has 45 heavy (non-hydrogen) atoms. The fraction of sp³-hybridized carbons (Fsp3) is 0.618. The largest absolute Gasteiger partial charge is 0.458 e. The van der Waals surface area contributed by atoms with Gasteiger partial charge in [0.2, 0.25) is 0 Å². The third-order valence-electron chi connectivity index (χ3n) is 7.85. The molecule has 0 aromatic carbocycles. The van der Waals surface area contributed by atoms with Crippen LogP contribution in [0.15, 0.2) is 72.4 Å². The summed E-state index contributed by atoms with van der Waals surface area (Å²) in [4.78, 5) is 18.1. The Hall–Kier alpha value is -2.45. The van der Waals surface area contributed by atoms with Crippen molar-refractivity contribution in [1.29, 1.82) is 0 Å². The molecule has 0 amide bonds. The Bertz CT molecular complexity index is 1050. The van der Waals surface area contributed by atoms with Gasteiger partial charge >= 0.3 is 5.97 Å². The summed E-state index contributed by atoms with van der Waals surface area (Å²) in [6.45, 7) is 9.43. The number of aliphatic hydroxyl groups is 3. The first-order chi connectivity index (χ1) is 21.6. The normalized spacial score (nSPS) is 34.9. The van der Waals surface area contributed by atoms with E-state index in [4.69, 9.17) is 28.6 Å². The van der Waals surface area contributed by atoms with E-state index in [0.717, 1.165) is 12.0 Å². The number of ether oxygens (including phenoxy) is 5. The number of rotatable bonds is 9. The van der Waals surface area contributed by atoms with Crippen LogP contribution in [0.25, 0.3) is 0 Å². The van der Waals surface area contributed by atoms with E-state index in [2.05, 4.69) is 6.58 Å². The lowest BCUT2D eigenvalue weighted by atomic mass is 9.91. The SMILES string of the molecule is C=C1C(OC)CC=CC(OC2OC(CO)C(O)C(OC)C2O)CC(=O)OC(C=C(C)CC=CC)CC=CC=CCC(C)C1OO. The predicted molar refractivity (Wildman–Crippen MR) is 169 cm³/mol. The molecule has 10 atom stereocenters. The van der Waals surface area contributed by atoms with Crippen LogP contribution in [-0.2, 0) is 33.4 Å². The summed E-state index contributed by atoms with van der Waals surface area (Å²) in [7, 11) is 2.84. The van der Waals surface area contributed by atoms with E-state index in [-0.39, 0.29) is 12.3 Å². The lowest BCUT2D eigenvalue weighted by Gasteiger charge is -2.42. The van der Waals surface area contributed by atoms with Crippen molar-refractivity contribution >= 4 is 5.97 Å². The highest BCUT2D eigenvalue weighted by molar-refractivity contribution is 5.70. The summed E-state index contributed by atoms with van der Waals surface area (Å²) in [5.74, 6) is -0.652. The maximum atomic E-state index is 13.3. The van der Waals surface area contributed by atoms with Gasteiger partial charge in [-0.1, -0.05) is 67.7 Å². The zero-order valence-corrected chi connectivity index (χ0v) is 27.1. The molecule has 0 bridgehead atoms. The molecule has 10 unspecified atom stereocenters. The maximum Gasteiger partial charge on any atom is 0.309 e. The molecule has 0 aromatic heterocycles. The van der Waals surface area contributed by atoms with Crippen LogP contribution in [0.3, 0.4) is 0 Å². The molecule has 11 heteroatoms. The second-order valence-corrected chi connectivity index (χ2v) is 11.4. The van der Waals surface area contributed by atoms with E-state index in [1.54, 1.807) is 12.2 Å². The third kappa shape index (κ3) is 12.3. The predicted octanol–water partition coefficient (Wildman–Crippen LogP) is 3.96. The van der Waals surface area contributed by atoms with E-state index in [9.17, 15) is 25.4 Å².